The van der Waals surface area contributed by atoms with Crippen molar-refractivity contribution in [3.8, 4) is 5.75 Å². The minimum atomic E-state index is -3.87. The van der Waals surface area contributed by atoms with E-state index in [1.54, 1.807) is 36.4 Å². The summed E-state index contributed by atoms with van der Waals surface area (Å²) in [7, 11) is -3.87. The molecule has 0 saturated heterocycles. The van der Waals surface area contributed by atoms with Gasteiger partial charge in [-0.1, -0.05) is 48.0 Å². The second kappa shape index (κ2) is 10.7. The normalized spacial score (nSPS) is 11.7. The molecule has 0 aromatic heterocycles. The van der Waals surface area contributed by atoms with Crippen molar-refractivity contribution in [2.24, 2.45) is 5.10 Å². The van der Waals surface area contributed by atoms with E-state index < -0.39 is 15.9 Å². The minimum Gasteiger partial charge on any atom is -0.508 e. The van der Waals surface area contributed by atoms with E-state index in [1.165, 1.54) is 18.3 Å². The number of hydrogen-bond donors (Lipinski definition) is 2. The first kappa shape index (κ1) is 23.2. The smallest absolute Gasteiger partial charge is 0.255 e. The van der Waals surface area contributed by atoms with Gasteiger partial charge >= 0.3 is 0 Å². The Kier molecular flexibility index (Phi) is 7.75. The van der Waals surface area contributed by atoms with Crippen LogP contribution in [0.3, 0.4) is 0 Å². The predicted octanol–water partition coefficient (Wildman–Crippen LogP) is 3.08. The number of hydrazone groups is 1. The third-order valence-corrected chi connectivity index (χ3v) is 6.63. The molecule has 7 nitrogen and oxygen atoms in total. The summed E-state index contributed by atoms with van der Waals surface area (Å²) in [5.41, 5.74) is 4.97. The zero-order valence-electron chi connectivity index (χ0n) is 17.7. The molecule has 0 spiro atoms. The lowest BCUT2D eigenvalue weighted by atomic mass is 10.1. The number of aryl methyl sites for hydroxylation is 1. The summed E-state index contributed by atoms with van der Waals surface area (Å²) in [5, 5.41) is 13.2. The zero-order valence-corrected chi connectivity index (χ0v) is 18.5. The zero-order chi connectivity index (χ0) is 23.0. The van der Waals surface area contributed by atoms with E-state index in [1.807, 2.05) is 37.3 Å². The van der Waals surface area contributed by atoms with Gasteiger partial charge in [-0.05, 0) is 60.9 Å². The van der Waals surface area contributed by atoms with Crippen LogP contribution in [0.5, 0.6) is 5.75 Å². The van der Waals surface area contributed by atoms with Crippen LogP contribution in [0.2, 0.25) is 0 Å². The maximum atomic E-state index is 13.2. The summed E-state index contributed by atoms with van der Waals surface area (Å²) >= 11 is 0. The van der Waals surface area contributed by atoms with Gasteiger partial charge in [0.2, 0.25) is 10.0 Å². The van der Waals surface area contributed by atoms with Gasteiger partial charge in [-0.2, -0.15) is 9.41 Å². The summed E-state index contributed by atoms with van der Waals surface area (Å²) in [4.78, 5) is 12.6. The van der Waals surface area contributed by atoms with Crippen LogP contribution in [-0.2, 0) is 21.2 Å². The number of phenolic OH excluding ortho intramolecular Hbond substituents is 1. The number of hydrogen-bond acceptors (Lipinski definition) is 5. The van der Waals surface area contributed by atoms with E-state index in [0.29, 0.717) is 12.0 Å². The predicted molar refractivity (Wildman–Crippen MR) is 124 cm³/mol. The second-order valence-corrected chi connectivity index (χ2v) is 9.21. The first-order valence-corrected chi connectivity index (χ1v) is 11.5. The van der Waals surface area contributed by atoms with E-state index in [9.17, 15) is 18.3 Å². The van der Waals surface area contributed by atoms with Gasteiger partial charge in [-0.3, -0.25) is 4.79 Å². The summed E-state index contributed by atoms with van der Waals surface area (Å²) < 4.78 is 27.6. The maximum Gasteiger partial charge on any atom is 0.255 e. The molecule has 0 radical (unpaired) electrons. The van der Waals surface area contributed by atoms with Crippen molar-refractivity contribution in [2.75, 3.05) is 13.1 Å². The van der Waals surface area contributed by atoms with Crippen molar-refractivity contribution in [2.45, 2.75) is 18.2 Å². The molecule has 0 aliphatic rings. The van der Waals surface area contributed by atoms with Crippen molar-refractivity contribution in [3.05, 3.63) is 95.6 Å². The average Bonchev–Trinajstić information content (AvgIpc) is 2.79. The van der Waals surface area contributed by atoms with Crippen LogP contribution in [-0.4, -0.2) is 43.0 Å². The largest absolute Gasteiger partial charge is 0.508 e. The van der Waals surface area contributed by atoms with E-state index in [0.717, 1.165) is 15.4 Å². The minimum absolute atomic E-state index is 0.126. The monoisotopic (exact) mass is 451 g/mol. The highest BCUT2D eigenvalue weighted by Crippen LogP contribution is 2.17. The van der Waals surface area contributed by atoms with Gasteiger partial charge in [0.1, 0.15) is 5.75 Å². The summed E-state index contributed by atoms with van der Waals surface area (Å²) in [6, 6.07) is 22.3. The molecule has 0 heterocycles. The number of aromatic hydroxyl groups is 1. The van der Waals surface area contributed by atoms with Crippen LogP contribution in [0.4, 0.5) is 0 Å². The molecule has 0 unspecified atom stereocenters. The number of phenols is 1. The molecule has 32 heavy (non-hydrogen) atoms. The van der Waals surface area contributed by atoms with Crippen molar-refractivity contribution in [3.63, 3.8) is 0 Å². The highest BCUT2D eigenvalue weighted by Gasteiger charge is 2.26. The van der Waals surface area contributed by atoms with Gasteiger partial charge in [0, 0.05) is 6.54 Å². The van der Waals surface area contributed by atoms with Crippen LogP contribution >= 0.6 is 0 Å². The Morgan fingerprint density at radius 2 is 1.66 bits per heavy atom. The Morgan fingerprint density at radius 1 is 1.00 bits per heavy atom. The van der Waals surface area contributed by atoms with Crippen LogP contribution in [0.1, 0.15) is 16.7 Å². The topological polar surface area (TPSA) is 99.1 Å². The molecule has 1 amide bonds. The first-order chi connectivity index (χ1) is 15.3. The Hall–Kier alpha value is -3.49. The molecule has 166 valence electrons. The Bertz CT molecular complexity index is 1160. The fraction of sp³-hybridized carbons (Fsp3) is 0.167. The molecular weight excluding hydrogens is 426 g/mol. The van der Waals surface area contributed by atoms with E-state index in [2.05, 4.69) is 10.5 Å². The van der Waals surface area contributed by atoms with Crippen LogP contribution in [0.15, 0.2) is 88.9 Å². The molecule has 0 atom stereocenters. The Labute approximate surface area is 188 Å². The maximum absolute atomic E-state index is 13.2. The number of amides is 1. The SMILES string of the molecule is Cc1ccc(S(=O)(=O)N(CCc2ccccc2)CC(=O)N/N=C/c2ccc(O)cc2)cc1. The number of nitrogens with one attached hydrogen (secondary N) is 1. The molecule has 0 aliphatic heterocycles. The van der Waals surface area contributed by atoms with Crippen molar-refractivity contribution >= 4 is 22.1 Å². The molecule has 0 aliphatic carbocycles. The molecule has 3 aromatic rings. The Balaban J connectivity index is 1.72. The molecule has 3 aromatic carbocycles. The fourth-order valence-electron chi connectivity index (χ4n) is 2.98. The van der Waals surface area contributed by atoms with Crippen LogP contribution in [0, 0.1) is 6.92 Å². The quantitative estimate of drug-likeness (QED) is 0.386. The molecule has 2 N–H and O–H groups in total. The number of carbonyl (C=O) groups excluding carboxylic acids is 1. The molecule has 0 fully saturated rings. The van der Waals surface area contributed by atoms with Crippen molar-refractivity contribution < 1.29 is 18.3 Å². The number of benzene rings is 3. The van der Waals surface area contributed by atoms with Gasteiger partial charge in [0.15, 0.2) is 0 Å². The molecule has 0 saturated carbocycles. The highest BCUT2D eigenvalue weighted by molar-refractivity contribution is 7.89. The van der Waals surface area contributed by atoms with Gasteiger partial charge in [0.05, 0.1) is 17.7 Å². The number of nitrogens with zero attached hydrogens (tertiary/aromatic N) is 2. The average molecular weight is 452 g/mol. The third kappa shape index (κ3) is 6.50. The number of carbonyl (C=O) groups is 1. The van der Waals surface area contributed by atoms with Crippen LogP contribution < -0.4 is 5.43 Å². The lowest BCUT2D eigenvalue weighted by molar-refractivity contribution is -0.121. The van der Waals surface area contributed by atoms with Gasteiger partial charge in [-0.25, -0.2) is 13.8 Å². The summed E-state index contributed by atoms with van der Waals surface area (Å²) in [5.74, 6) is -0.426. The Morgan fingerprint density at radius 3 is 2.31 bits per heavy atom. The number of sulfonamides is 1. The summed E-state index contributed by atoms with van der Waals surface area (Å²) in [6.45, 7) is 1.66. The van der Waals surface area contributed by atoms with Gasteiger partial charge < -0.3 is 5.11 Å². The summed E-state index contributed by atoms with van der Waals surface area (Å²) in [6.07, 6.45) is 1.89. The molecule has 8 heteroatoms. The highest BCUT2D eigenvalue weighted by atomic mass is 32.2. The van der Waals surface area contributed by atoms with Crippen molar-refractivity contribution in [1.82, 2.24) is 9.73 Å². The molecular formula is C24H25N3O4S. The van der Waals surface area contributed by atoms with Gasteiger partial charge in [-0.15, -0.1) is 0 Å². The van der Waals surface area contributed by atoms with Gasteiger partial charge in [0.25, 0.3) is 5.91 Å². The number of rotatable bonds is 9. The lowest BCUT2D eigenvalue weighted by Gasteiger charge is -2.21. The fourth-order valence-corrected chi connectivity index (χ4v) is 4.37. The van der Waals surface area contributed by atoms with E-state index in [4.69, 9.17) is 0 Å². The first-order valence-electron chi connectivity index (χ1n) is 10.1. The van der Waals surface area contributed by atoms with E-state index >= 15 is 0 Å². The van der Waals surface area contributed by atoms with Crippen molar-refractivity contribution in [1.29, 1.82) is 0 Å². The van der Waals surface area contributed by atoms with E-state index in [-0.39, 0.29) is 23.7 Å². The molecule has 0 bridgehead atoms. The van der Waals surface area contributed by atoms with Crippen LogP contribution in [0.25, 0.3) is 0 Å². The second-order valence-electron chi connectivity index (χ2n) is 7.27. The third-order valence-electron chi connectivity index (χ3n) is 4.77. The lowest BCUT2D eigenvalue weighted by Crippen LogP contribution is -2.40. The molecule has 3 rings (SSSR count). The standard InChI is InChI=1S/C24H25N3O4S/c1-19-7-13-23(14-8-19)32(30,31)27(16-15-20-5-3-2-4-6-20)18-24(29)26-25-17-21-9-11-22(28)12-10-21/h2-14,17,28H,15-16,18H2,1H3,(H,26,29)/b25-17+.